The Bertz CT molecular complexity index is 711. The van der Waals surface area contributed by atoms with Crippen LogP contribution in [0.25, 0.3) is 11.1 Å². The summed E-state index contributed by atoms with van der Waals surface area (Å²) in [5.74, 6) is -0.734. The predicted octanol–water partition coefficient (Wildman–Crippen LogP) is 4.69. The molecule has 2 amide bonds. The maximum atomic E-state index is 12.5. The van der Waals surface area contributed by atoms with Gasteiger partial charge >= 0.3 is 0 Å². The maximum Gasteiger partial charge on any atom is 0.251 e. The molecular formula is C23H30N2O2. The summed E-state index contributed by atoms with van der Waals surface area (Å²) in [6, 6.07) is 16.8. The molecule has 0 heterocycles. The van der Waals surface area contributed by atoms with Crippen molar-refractivity contribution in [3.05, 3.63) is 60.2 Å². The normalized spacial score (nSPS) is 11.7. The number of hydrogen-bond donors (Lipinski definition) is 2. The van der Waals surface area contributed by atoms with E-state index in [-0.39, 0.29) is 5.91 Å². The molecule has 2 rings (SSSR count). The van der Waals surface area contributed by atoms with E-state index in [1.54, 1.807) is 12.1 Å². The fraction of sp³-hybridized carbons (Fsp3) is 0.391. The standard InChI is InChI=1S/C23H30N2O2/c1-2-3-4-5-6-10-13-21(22(24)26)25-23(27)20-16-14-19(15-17-20)18-11-8-7-9-12-18/h7-9,11-12,14-17,21H,2-6,10,13H2,1H3,(H2,24,26)(H,25,27)/t21-/m0/s1. The molecule has 0 fully saturated rings. The van der Waals surface area contributed by atoms with Gasteiger partial charge in [0.25, 0.3) is 5.91 Å². The largest absolute Gasteiger partial charge is 0.368 e. The van der Waals surface area contributed by atoms with Gasteiger partial charge in [-0.25, -0.2) is 0 Å². The first-order valence-corrected chi connectivity index (χ1v) is 9.87. The van der Waals surface area contributed by atoms with Gasteiger partial charge in [0.05, 0.1) is 0 Å². The molecule has 0 radical (unpaired) electrons. The first-order valence-electron chi connectivity index (χ1n) is 9.87. The van der Waals surface area contributed by atoms with Gasteiger partial charge in [0, 0.05) is 5.56 Å². The number of primary amides is 1. The Hall–Kier alpha value is -2.62. The zero-order valence-corrected chi connectivity index (χ0v) is 16.1. The average Bonchev–Trinajstić information content (AvgIpc) is 2.70. The van der Waals surface area contributed by atoms with Crippen molar-refractivity contribution in [3.63, 3.8) is 0 Å². The highest BCUT2D eigenvalue weighted by Gasteiger charge is 2.18. The lowest BCUT2D eigenvalue weighted by Crippen LogP contribution is -2.44. The first kappa shape index (κ1) is 20.7. The molecule has 0 aliphatic carbocycles. The van der Waals surface area contributed by atoms with Crippen molar-refractivity contribution in [1.82, 2.24) is 5.32 Å². The van der Waals surface area contributed by atoms with Gasteiger partial charge in [-0.05, 0) is 29.7 Å². The van der Waals surface area contributed by atoms with Crippen LogP contribution in [0.15, 0.2) is 54.6 Å². The molecule has 0 saturated heterocycles. The van der Waals surface area contributed by atoms with Crippen LogP contribution < -0.4 is 11.1 Å². The summed E-state index contributed by atoms with van der Waals surface area (Å²) >= 11 is 0. The van der Waals surface area contributed by atoms with Crippen molar-refractivity contribution in [3.8, 4) is 11.1 Å². The number of carbonyl (C=O) groups excluding carboxylic acids is 2. The van der Waals surface area contributed by atoms with Gasteiger partial charge in [0.2, 0.25) is 5.91 Å². The van der Waals surface area contributed by atoms with E-state index in [0.717, 1.165) is 30.4 Å². The number of unbranched alkanes of at least 4 members (excludes halogenated alkanes) is 5. The Morgan fingerprint density at radius 2 is 1.44 bits per heavy atom. The number of nitrogens with two attached hydrogens (primary N) is 1. The van der Waals surface area contributed by atoms with E-state index in [0.29, 0.717) is 12.0 Å². The lowest BCUT2D eigenvalue weighted by molar-refractivity contribution is -0.120. The van der Waals surface area contributed by atoms with Gasteiger partial charge < -0.3 is 11.1 Å². The number of nitrogens with one attached hydrogen (secondary N) is 1. The first-order chi connectivity index (χ1) is 13.1. The summed E-state index contributed by atoms with van der Waals surface area (Å²) in [6.07, 6.45) is 7.38. The molecule has 0 unspecified atom stereocenters. The van der Waals surface area contributed by atoms with Gasteiger partial charge in [-0.3, -0.25) is 9.59 Å². The molecule has 1 atom stereocenters. The van der Waals surface area contributed by atoms with Crippen LogP contribution in [0.3, 0.4) is 0 Å². The second-order valence-electron chi connectivity index (χ2n) is 6.93. The zero-order valence-electron chi connectivity index (χ0n) is 16.1. The van der Waals surface area contributed by atoms with E-state index < -0.39 is 11.9 Å². The molecule has 0 aliphatic rings. The molecule has 0 bridgehead atoms. The highest BCUT2D eigenvalue weighted by molar-refractivity contribution is 5.97. The van der Waals surface area contributed by atoms with E-state index in [1.807, 2.05) is 42.5 Å². The molecule has 4 heteroatoms. The fourth-order valence-electron chi connectivity index (χ4n) is 3.10. The number of carbonyl (C=O) groups is 2. The average molecular weight is 367 g/mol. The molecule has 144 valence electrons. The van der Waals surface area contributed by atoms with Gasteiger partial charge in [-0.15, -0.1) is 0 Å². The minimum atomic E-state index is -0.613. The van der Waals surface area contributed by atoms with Crippen LogP contribution in [0.2, 0.25) is 0 Å². The summed E-state index contributed by atoms with van der Waals surface area (Å²) in [6.45, 7) is 2.19. The highest BCUT2D eigenvalue weighted by Crippen LogP contribution is 2.19. The summed E-state index contributed by atoms with van der Waals surface area (Å²) in [5, 5.41) is 2.78. The SMILES string of the molecule is CCCCCCCC[C@H](NC(=O)c1ccc(-c2ccccc2)cc1)C(N)=O. The molecule has 3 N–H and O–H groups in total. The molecule has 2 aromatic carbocycles. The Morgan fingerprint density at radius 1 is 0.852 bits per heavy atom. The molecule has 0 aromatic heterocycles. The number of hydrogen-bond acceptors (Lipinski definition) is 2. The van der Waals surface area contributed by atoms with Crippen LogP contribution in [0.5, 0.6) is 0 Å². The van der Waals surface area contributed by atoms with Gasteiger partial charge in [0.15, 0.2) is 0 Å². The van der Waals surface area contributed by atoms with Crippen LogP contribution in [0.1, 0.15) is 62.2 Å². The van der Waals surface area contributed by atoms with E-state index >= 15 is 0 Å². The fourth-order valence-corrected chi connectivity index (χ4v) is 3.10. The van der Waals surface area contributed by atoms with Gasteiger partial charge in [-0.1, -0.05) is 87.9 Å². The number of rotatable bonds is 11. The van der Waals surface area contributed by atoms with Crippen molar-refractivity contribution in [2.24, 2.45) is 5.73 Å². The Labute approximate surface area is 162 Å². The van der Waals surface area contributed by atoms with E-state index in [2.05, 4.69) is 12.2 Å². The van der Waals surface area contributed by atoms with Crippen LogP contribution in [-0.2, 0) is 4.79 Å². The minimum Gasteiger partial charge on any atom is -0.368 e. The molecule has 0 spiro atoms. The summed E-state index contributed by atoms with van der Waals surface area (Å²) in [4.78, 5) is 24.1. The van der Waals surface area contributed by atoms with Gasteiger partial charge in [-0.2, -0.15) is 0 Å². The van der Waals surface area contributed by atoms with Gasteiger partial charge in [0.1, 0.15) is 6.04 Å². The third-order valence-electron chi connectivity index (χ3n) is 4.75. The molecule has 0 saturated carbocycles. The third-order valence-corrected chi connectivity index (χ3v) is 4.75. The lowest BCUT2D eigenvalue weighted by atomic mass is 10.0. The summed E-state index contributed by atoms with van der Waals surface area (Å²) in [7, 11) is 0. The lowest BCUT2D eigenvalue weighted by Gasteiger charge is -2.15. The second-order valence-corrected chi connectivity index (χ2v) is 6.93. The van der Waals surface area contributed by atoms with E-state index in [1.165, 1.54) is 19.3 Å². The van der Waals surface area contributed by atoms with Crippen molar-refractivity contribution in [1.29, 1.82) is 0 Å². The smallest absolute Gasteiger partial charge is 0.251 e. The maximum absolute atomic E-state index is 12.5. The Kier molecular flexibility index (Phi) is 8.56. The van der Waals surface area contributed by atoms with Crippen molar-refractivity contribution in [2.75, 3.05) is 0 Å². The van der Waals surface area contributed by atoms with E-state index in [4.69, 9.17) is 5.73 Å². The number of benzene rings is 2. The Morgan fingerprint density at radius 3 is 2.07 bits per heavy atom. The highest BCUT2D eigenvalue weighted by atomic mass is 16.2. The zero-order chi connectivity index (χ0) is 19.5. The van der Waals surface area contributed by atoms with Crippen molar-refractivity contribution >= 4 is 11.8 Å². The van der Waals surface area contributed by atoms with E-state index in [9.17, 15) is 9.59 Å². The van der Waals surface area contributed by atoms with Crippen LogP contribution >= 0.6 is 0 Å². The topological polar surface area (TPSA) is 72.2 Å². The molecule has 27 heavy (non-hydrogen) atoms. The van der Waals surface area contributed by atoms with Crippen LogP contribution in [-0.4, -0.2) is 17.9 Å². The van der Waals surface area contributed by atoms with Crippen molar-refractivity contribution in [2.45, 2.75) is 57.9 Å². The minimum absolute atomic E-state index is 0.260. The second kappa shape index (κ2) is 11.2. The molecule has 0 aliphatic heterocycles. The Balaban J connectivity index is 1.88. The molecule has 4 nitrogen and oxygen atoms in total. The summed E-state index contributed by atoms with van der Waals surface area (Å²) < 4.78 is 0. The third kappa shape index (κ3) is 6.89. The van der Waals surface area contributed by atoms with Crippen LogP contribution in [0.4, 0.5) is 0 Å². The van der Waals surface area contributed by atoms with Crippen molar-refractivity contribution < 1.29 is 9.59 Å². The molecule has 2 aromatic rings. The monoisotopic (exact) mass is 366 g/mol. The predicted molar refractivity (Wildman–Crippen MR) is 110 cm³/mol. The number of amides is 2. The molecular weight excluding hydrogens is 336 g/mol. The summed E-state index contributed by atoms with van der Waals surface area (Å²) in [5.41, 5.74) is 8.15. The quantitative estimate of drug-likeness (QED) is 0.566. The van der Waals surface area contributed by atoms with Crippen LogP contribution in [0, 0.1) is 0 Å².